The molecule has 21 heavy (non-hydrogen) atoms. The van der Waals surface area contributed by atoms with Crippen LogP contribution in [0, 0.1) is 5.92 Å². The van der Waals surface area contributed by atoms with Gasteiger partial charge in [0.1, 0.15) is 12.1 Å². The van der Waals surface area contributed by atoms with Gasteiger partial charge in [0.25, 0.3) is 0 Å². The Morgan fingerprint density at radius 3 is 2.29 bits per heavy atom. The fraction of sp³-hybridized carbons (Fsp3) is 0.846. The highest BCUT2D eigenvalue weighted by Gasteiger charge is 2.49. The fourth-order valence-electron chi connectivity index (χ4n) is 2.42. The van der Waals surface area contributed by atoms with Crippen molar-refractivity contribution in [3.05, 3.63) is 0 Å². The van der Waals surface area contributed by atoms with E-state index in [0.717, 1.165) is 0 Å². The summed E-state index contributed by atoms with van der Waals surface area (Å²) in [5.74, 6) is -6.09. The van der Waals surface area contributed by atoms with Crippen LogP contribution in [-0.4, -0.2) is 47.7 Å². The van der Waals surface area contributed by atoms with Crippen molar-refractivity contribution in [2.24, 2.45) is 5.92 Å². The van der Waals surface area contributed by atoms with Crippen LogP contribution in [0.4, 0.5) is 17.6 Å². The van der Waals surface area contributed by atoms with Crippen LogP contribution >= 0.6 is 0 Å². The molecule has 8 heteroatoms. The van der Waals surface area contributed by atoms with Gasteiger partial charge in [0.2, 0.25) is 11.8 Å². The molecule has 1 fully saturated rings. The molecule has 2 amide bonds. The van der Waals surface area contributed by atoms with E-state index in [4.69, 9.17) is 0 Å². The van der Waals surface area contributed by atoms with E-state index in [0.29, 0.717) is 11.3 Å². The Labute approximate surface area is 120 Å². The van der Waals surface area contributed by atoms with Gasteiger partial charge in [-0.1, -0.05) is 27.2 Å². The Hall–Kier alpha value is -1.34. The number of carbonyl (C=O) groups is 2. The molecule has 122 valence electrons. The zero-order valence-corrected chi connectivity index (χ0v) is 12.2. The van der Waals surface area contributed by atoms with Gasteiger partial charge in [-0.2, -0.15) is 8.78 Å². The summed E-state index contributed by atoms with van der Waals surface area (Å²) < 4.78 is 51.4. The Morgan fingerprint density at radius 1 is 1.29 bits per heavy atom. The molecule has 0 aromatic heterocycles. The molecule has 4 nitrogen and oxygen atoms in total. The number of alkyl halides is 4. The predicted molar refractivity (Wildman–Crippen MR) is 68.1 cm³/mol. The monoisotopic (exact) mass is 312 g/mol. The van der Waals surface area contributed by atoms with Crippen molar-refractivity contribution >= 4 is 11.8 Å². The van der Waals surface area contributed by atoms with E-state index in [2.05, 4.69) is 5.32 Å². The lowest BCUT2D eigenvalue weighted by Gasteiger charge is -2.42. The van der Waals surface area contributed by atoms with Gasteiger partial charge in [-0.15, -0.1) is 0 Å². The number of rotatable bonds is 6. The zero-order valence-electron chi connectivity index (χ0n) is 12.2. The first-order valence-electron chi connectivity index (χ1n) is 6.88. The minimum absolute atomic E-state index is 0.284. The van der Waals surface area contributed by atoms with Crippen molar-refractivity contribution in [3.63, 3.8) is 0 Å². The van der Waals surface area contributed by atoms with Crippen molar-refractivity contribution < 1.29 is 27.2 Å². The Kier molecular flexibility index (Phi) is 5.58. The van der Waals surface area contributed by atoms with Crippen LogP contribution in [-0.2, 0) is 9.59 Å². The molecule has 0 saturated carbocycles. The van der Waals surface area contributed by atoms with Gasteiger partial charge in [-0.05, 0) is 12.3 Å². The van der Waals surface area contributed by atoms with Crippen molar-refractivity contribution in [1.29, 1.82) is 0 Å². The Morgan fingerprint density at radius 2 is 1.86 bits per heavy atom. The highest BCUT2D eigenvalue weighted by atomic mass is 19.3. The molecule has 0 aromatic carbocycles. The van der Waals surface area contributed by atoms with E-state index in [9.17, 15) is 27.2 Å². The van der Waals surface area contributed by atoms with Gasteiger partial charge in [0.05, 0.1) is 6.54 Å². The molecule has 0 radical (unpaired) electrons. The summed E-state index contributed by atoms with van der Waals surface area (Å²) in [6.45, 7) is 3.47. The van der Waals surface area contributed by atoms with E-state index in [1.54, 1.807) is 20.8 Å². The van der Waals surface area contributed by atoms with Gasteiger partial charge in [0.15, 0.2) is 0 Å². The van der Waals surface area contributed by atoms with E-state index >= 15 is 0 Å². The number of carbonyl (C=O) groups excluding carboxylic acids is 2. The second-order valence-electron chi connectivity index (χ2n) is 5.57. The molecule has 2 unspecified atom stereocenters. The van der Waals surface area contributed by atoms with Gasteiger partial charge in [-0.3, -0.25) is 9.59 Å². The van der Waals surface area contributed by atoms with E-state index in [1.165, 1.54) is 0 Å². The molecular weight excluding hydrogens is 292 g/mol. The number of hydrogen-bond donors (Lipinski definition) is 1. The fourth-order valence-corrected chi connectivity index (χ4v) is 2.42. The number of hydrogen-bond acceptors (Lipinski definition) is 2. The molecule has 2 atom stereocenters. The standard InChI is InChI=1S/C13H20F4N2O2/c1-4-5-8-11(21)19(6-13(16,17)12(14)15)9(7(2)3)10(20)18-8/h7-9,12H,4-6H2,1-3H3,(H,18,20). The lowest BCUT2D eigenvalue weighted by molar-refractivity contribution is -0.172. The van der Waals surface area contributed by atoms with Gasteiger partial charge in [0, 0.05) is 0 Å². The van der Waals surface area contributed by atoms with Crippen LogP contribution in [0.15, 0.2) is 0 Å². The molecule has 0 bridgehead atoms. The quantitative estimate of drug-likeness (QED) is 0.763. The van der Waals surface area contributed by atoms with Gasteiger partial charge >= 0.3 is 12.3 Å². The average Bonchev–Trinajstić information content (AvgIpc) is 2.34. The van der Waals surface area contributed by atoms with Crippen molar-refractivity contribution in [3.8, 4) is 0 Å². The van der Waals surface area contributed by atoms with Crippen LogP contribution in [0.1, 0.15) is 33.6 Å². The maximum absolute atomic E-state index is 13.3. The summed E-state index contributed by atoms with van der Waals surface area (Å²) in [4.78, 5) is 24.8. The molecule has 0 aliphatic carbocycles. The maximum Gasteiger partial charge on any atom is 0.324 e. The molecule has 1 heterocycles. The van der Waals surface area contributed by atoms with Crippen molar-refractivity contribution in [2.75, 3.05) is 6.54 Å². The van der Waals surface area contributed by atoms with Crippen LogP contribution in [0.2, 0.25) is 0 Å². The van der Waals surface area contributed by atoms with Crippen LogP contribution in [0.3, 0.4) is 0 Å². The van der Waals surface area contributed by atoms with Crippen LogP contribution in [0.25, 0.3) is 0 Å². The Bertz CT molecular complexity index is 402. The zero-order chi connectivity index (χ0) is 16.4. The summed E-state index contributed by atoms with van der Waals surface area (Å²) in [5.41, 5.74) is 0. The van der Waals surface area contributed by atoms with Crippen LogP contribution < -0.4 is 5.32 Å². The first-order valence-corrected chi connectivity index (χ1v) is 6.88. The third kappa shape index (κ3) is 3.85. The summed E-state index contributed by atoms with van der Waals surface area (Å²) in [5, 5.41) is 2.48. The van der Waals surface area contributed by atoms with Gasteiger partial charge in [-0.25, -0.2) is 8.78 Å². The third-order valence-electron chi connectivity index (χ3n) is 3.41. The number of halogens is 4. The number of piperazine rings is 1. The predicted octanol–water partition coefficient (Wildman–Crippen LogP) is 2.04. The lowest BCUT2D eigenvalue weighted by Crippen LogP contribution is -2.66. The largest absolute Gasteiger partial charge is 0.342 e. The molecule has 1 saturated heterocycles. The lowest BCUT2D eigenvalue weighted by atomic mass is 9.95. The number of nitrogens with one attached hydrogen (secondary N) is 1. The van der Waals surface area contributed by atoms with Crippen LogP contribution in [0.5, 0.6) is 0 Å². The highest BCUT2D eigenvalue weighted by Crippen LogP contribution is 2.28. The number of nitrogens with zero attached hydrogens (tertiary/aromatic N) is 1. The molecule has 1 N–H and O–H groups in total. The summed E-state index contributed by atoms with van der Waals surface area (Å²) >= 11 is 0. The second kappa shape index (κ2) is 6.62. The summed E-state index contributed by atoms with van der Waals surface area (Å²) in [6.07, 6.45) is -3.04. The second-order valence-corrected chi connectivity index (χ2v) is 5.57. The van der Waals surface area contributed by atoms with E-state index in [-0.39, 0.29) is 6.42 Å². The first kappa shape index (κ1) is 17.7. The maximum atomic E-state index is 13.3. The van der Waals surface area contributed by atoms with E-state index < -0.39 is 48.7 Å². The summed E-state index contributed by atoms with van der Waals surface area (Å²) in [7, 11) is 0. The molecular formula is C13H20F4N2O2. The smallest absolute Gasteiger partial charge is 0.324 e. The molecule has 1 aliphatic rings. The minimum atomic E-state index is -4.34. The minimum Gasteiger partial charge on any atom is -0.342 e. The first-order chi connectivity index (χ1) is 9.61. The molecule has 1 rings (SSSR count). The van der Waals surface area contributed by atoms with Gasteiger partial charge < -0.3 is 10.2 Å². The SMILES string of the molecule is CCCC1NC(=O)C(C(C)C)N(CC(F)(F)C(F)F)C1=O. The molecule has 0 aromatic rings. The van der Waals surface area contributed by atoms with Crippen molar-refractivity contribution in [1.82, 2.24) is 10.2 Å². The third-order valence-corrected chi connectivity index (χ3v) is 3.41. The average molecular weight is 312 g/mol. The topological polar surface area (TPSA) is 49.4 Å². The Balaban J connectivity index is 3.06. The normalized spacial score (nSPS) is 24.0. The highest BCUT2D eigenvalue weighted by molar-refractivity contribution is 5.97. The van der Waals surface area contributed by atoms with Crippen molar-refractivity contribution in [2.45, 2.75) is 58.0 Å². The molecule has 0 spiro atoms. The molecule has 1 aliphatic heterocycles. The summed E-state index contributed by atoms with van der Waals surface area (Å²) in [6, 6.07) is -2.08. The number of amides is 2. The van der Waals surface area contributed by atoms with E-state index in [1.807, 2.05) is 0 Å².